The molecule has 32 heavy (non-hydrogen) atoms. The van der Waals surface area contributed by atoms with Gasteiger partial charge in [-0.1, -0.05) is 11.6 Å². The van der Waals surface area contributed by atoms with Crippen LogP contribution < -0.4 is 10.3 Å². The van der Waals surface area contributed by atoms with Crippen LogP contribution in [-0.4, -0.2) is 40.1 Å². The Kier molecular flexibility index (Phi) is 6.00. The second-order valence-electron chi connectivity index (χ2n) is 7.11. The van der Waals surface area contributed by atoms with Gasteiger partial charge in [0.05, 0.1) is 27.6 Å². The van der Waals surface area contributed by atoms with Gasteiger partial charge in [0.2, 0.25) is 0 Å². The molecule has 0 unspecified atom stereocenters. The first-order chi connectivity index (χ1) is 15.1. The molecule has 4 rings (SSSR count). The molecule has 1 amide bonds. The fourth-order valence-electron chi connectivity index (χ4n) is 3.47. The van der Waals surface area contributed by atoms with Gasteiger partial charge in [0, 0.05) is 24.3 Å². The fourth-order valence-corrected chi connectivity index (χ4v) is 4.44. The number of nitrogens with zero attached hydrogens (tertiary/aromatic N) is 3. The van der Waals surface area contributed by atoms with Crippen molar-refractivity contribution in [2.24, 2.45) is 0 Å². The lowest BCUT2D eigenvalue weighted by Gasteiger charge is -2.29. The van der Waals surface area contributed by atoms with Crippen molar-refractivity contribution in [1.29, 1.82) is 0 Å². The molecule has 0 aliphatic carbocycles. The molecule has 0 saturated carbocycles. The number of thiazole rings is 1. The highest BCUT2D eigenvalue weighted by Gasteiger charge is 2.35. The zero-order valence-corrected chi connectivity index (χ0v) is 18.4. The van der Waals surface area contributed by atoms with E-state index in [1.165, 1.54) is 26.9 Å². The van der Waals surface area contributed by atoms with Crippen molar-refractivity contribution in [2.75, 3.05) is 19.7 Å². The van der Waals surface area contributed by atoms with Crippen LogP contribution in [-0.2, 0) is 12.7 Å². The second kappa shape index (κ2) is 8.59. The Morgan fingerprint density at radius 1 is 1.19 bits per heavy atom. The zero-order chi connectivity index (χ0) is 23.0. The fraction of sp³-hybridized carbons (Fsp3) is 0.286. The third-order valence-corrected chi connectivity index (χ3v) is 6.21. The van der Waals surface area contributed by atoms with Gasteiger partial charge in [0.15, 0.2) is 0 Å². The molecule has 2 aromatic heterocycles. The number of alkyl halides is 3. The van der Waals surface area contributed by atoms with Crippen molar-refractivity contribution in [3.63, 3.8) is 0 Å². The van der Waals surface area contributed by atoms with Crippen LogP contribution in [0.3, 0.4) is 0 Å². The molecule has 1 aliphatic rings. The molecule has 3 heterocycles. The van der Waals surface area contributed by atoms with E-state index in [4.69, 9.17) is 16.3 Å². The molecule has 0 spiro atoms. The first-order valence-electron chi connectivity index (χ1n) is 9.60. The van der Waals surface area contributed by atoms with Crippen LogP contribution in [0.4, 0.5) is 13.2 Å². The number of carbonyl (C=O) groups is 1. The first-order valence-corrected chi connectivity index (χ1v) is 10.8. The van der Waals surface area contributed by atoms with E-state index in [9.17, 15) is 22.8 Å². The number of carbonyl (C=O) groups excluding carboxylic acids is 1. The molecule has 168 valence electrons. The summed E-state index contributed by atoms with van der Waals surface area (Å²) in [5, 5.41) is 0.782. The molecule has 0 saturated heterocycles. The molecule has 1 aromatic carbocycles. The van der Waals surface area contributed by atoms with E-state index in [0.29, 0.717) is 5.56 Å². The number of fused-ring (bicyclic) bond motifs is 1. The highest BCUT2D eigenvalue weighted by atomic mass is 35.5. The molecule has 0 bridgehead atoms. The van der Waals surface area contributed by atoms with Gasteiger partial charge in [-0.15, -0.1) is 11.3 Å². The smallest absolute Gasteiger partial charge is 0.420 e. The molecule has 3 aromatic rings. The summed E-state index contributed by atoms with van der Waals surface area (Å²) in [6.45, 7) is 2.30. The summed E-state index contributed by atoms with van der Waals surface area (Å²) in [7, 11) is 0. The van der Waals surface area contributed by atoms with E-state index in [2.05, 4.69) is 4.98 Å². The normalized spacial score (nSPS) is 13.9. The maximum atomic E-state index is 13.2. The number of amides is 1. The van der Waals surface area contributed by atoms with Gasteiger partial charge in [-0.05, 0) is 37.3 Å². The quantitative estimate of drug-likeness (QED) is 0.536. The Balaban J connectivity index is 1.47. The van der Waals surface area contributed by atoms with E-state index in [1.807, 2.05) is 6.92 Å². The van der Waals surface area contributed by atoms with Crippen LogP contribution in [0.25, 0.3) is 10.4 Å². The summed E-state index contributed by atoms with van der Waals surface area (Å²) in [5.41, 5.74) is -0.538. The number of hydrogen-bond donors (Lipinski definition) is 0. The standard InChI is InChI=1S/C21H17ClF3N3O3S/c1-12-26-11-18(32-12)14-3-4-16-20(30)27(6-7-28(16)19(14)29)8-9-31-17-5-2-13(22)10-15(17)21(23,24)25/h2-5,10-11H,6-9H2,1H3. The Hall–Kier alpha value is -2.85. The number of ether oxygens (including phenoxy) is 1. The van der Waals surface area contributed by atoms with Crippen molar-refractivity contribution in [1.82, 2.24) is 14.5 Å². The number of benzene rings is 1. The van der Waals surface area contributed by atoms with Gasteiger partial charge >= 0.3 is 6.18 Å². The largest absolute Gasteiger partial charge is 0.491 e. The number of hydrogen-bond acceptors (Lipinski definition) is 5. The SMILES string of the molecule is Cc1ncc(-c2ccc3n(c2=O)CCN(CCOc2ccc(Cl)cc2C(F)(F)F)C3=O)s1. The average Bonchev–Trinajstić information content (AvgIpc) is 3.16. The molecule has 11 heteroatoms. The van der Waals surface area contributed by atoms with Crippen molar-refractivity contribution < 1.29 is 22.7 Å². The molecule has 0 atom stereocenters. The predicted octanol–water partition coefficient (Wildman–Crippen LogP) is 4.49. The summed E-state index contributed by atoms with van der Waals surface area (Å²) >= 11 is 7.07. The number of pyridine rings is 1. The topological polar surface area (TPSA) is 64.4 Å². The Morgan fingerprint density at radius 3 is 2.66 bits per heavy atom. The second-order valence-corrected chi connectivity index (χ2v) is 8.78. The molecule has 0 fully saturated rings. The van der Waals surface area contributed by atoms with Gasteiger partial charge in [0.1, 0.15) is 18.1 Å². The highest BCUT2D eigenvalue weighted by Crippen LogP contribution is 2.37. The van der Waals surface area contributed by atoms with E-state index in [-0.39, 0.29) is 54.2 Å². The van der Waals surface area contributed by atoms with Crippen LogP contribution in [0.15, 0.2) is 41.3 Å². The molecule has 0 radical (unpaired) electrons. The monoisotopic (exact) mass is 483 g/mol. The molecular weight excluding hydrogens is 467 g/mol. The van der Waals surface area contributed by atoms with Gasteiger partial charge < -0.3 is 14.2 Å². The lowest BCUT2D eigenvalue weighted by Crippen LogP contribution is -2.46. The lowest BCUT2D eigenvalue weighted by atomic mass is 10.1. The first kappa shape index (κ1) is 22.3. The minimum Gasteiger partial charge on any atom is -0.491 e. The van der Waals surface area contributed by atoms with Crippen molar-refractivity contribution in [3.05, 3.63) is 68.2 Å². The predicted molar refractivity (Wildman–Crippen MR) is 114 cm³/mol. The third kappa shape index (κ3) is 4.37. The van der Waals surface area contributed by atoms with E-state index in [1.54, 1.807) is 18.3 Å². The maximum absolute atomic E-state index is 13.2. The summed E-state index contributed by atoms with van der Waals surface area (Å²) in [6.07, 6.45) is -2.99. The van der Waals surface area contributed by atoms with Gasteiger partial charge in [-0.3, -0.25) is 9.59 Å². The van der Waals surface area contributed by atoms with Gasteiger partial charge in [-0.2, -0.15) is 13.2 Å². The molecule has 0 N–H and O–H groups in total. The van der Waals surface area contributed by atoms with Crippen LogP contribution in [0.5, 0.6) is 5.75 Å². The summed E-state index contributed by atoms with van der Waals surface area (Å²) in [5.74, 6) is -0.733. The van der Waals surface area contributed by atoms with Crippen molar-refractivity contribution >= 4 is 28.8 Å². The Bertz CT molecular complexity index is 1240. The Labute approximate surface area is 189 Å². The zero-order valence-electron chi connectivity index (χ0n) is 16.8. The van der Waals surface area contributed by atoms with E-state index in [0.717, 1.165) is 22.0 Å². The molecule has 1 aliphatic heterocycles. The van der Waals surface area contributed by atoms with Crippen LogP contribution in [0.1, 0.15) is 21.1 Å². The maximum Gasteiger partial charge on any atom is 0.420 e. The average molecular weight is 484 g/mol. The summed E-state index contributed by atoms with van der Waals surface area (Å²) < 4.78 is 46.3. The summed E-state index contributed by atoms with van der Waals surface area (Å²) in [4.78, 5) is 32.0. The van der Waals surface area contributed by atoms with Crippen LogP contribution >= 0.6 is 22.9 Å². The van der Waals surface area contributed by atoms with E-state index >= 15 is 0 Å². The van der Waals surface area contributed by atoms with Crippen LogP contribution in [0, 0.1) is 6.92 Å². The van der Waals surface area contributed by atoms with Gasteiger partial charge in [0.25, 0.3) is 11.5 Å². The third-order valence-electron chi connectivity index (χ3n) is 5.03. The lowest BCUT2D eigenvalue weighted by molar-refractivity contribution is -0.139. The minimum absolute atomic E-state index is 0.0502. The highest BCUT2D eigenvalue weighted by molar-refractivity contribution is 7.15. The van der Waals surface area contributed by atoms with Crippen LogP contribution in [0.2, 0.25) is 5.02 Å². The van der Waals surface area contributed by atoms with Crippen molar-refractivity contribution in [2.45, 2.75) is 19.6 Å². The minimum atomic E-state index is -4.62. The van der Waals surface area contributed by atoms with Gasteiger partial charge in [-0.25, -0.2) is 4.98 Å². The number of rotatable bonds is 5. The summed E-state index contributed by atoms with van der Waals surface area (Å²) in [6, 6.07) is 6.45. The Morgan fingerprint density at radius 2 is 1.97 bits per heavy atom. The number of aromatic nitrogens is 2. The molecular formula is C21H17ClF3N3O3S. The molecule has 6 nitrogen and oxygen atoms in total. The number of halogens is 4. The van der Waals surface area contributed by atoms with E-state index < -0.39 is 11.7 Å². The van der Waals surface area contributed by atoms with Crippen molar-refractivity contribution in [3.8, 4) is 16.2 Å². The number of aryl methyl sites for hydroxylation is 1.